The first kappa shape index (κ1) is 14.2. The fourth-order valence-electron chi connectivity index (χ4n) is 3.21. The summed E-state index contributed by atoms with van der Waals surface area (Å²) in [5.74, 6) is 0.729. The van der Waals surface area contributed by atoms with Crippen LogP contribution in [0.2, 0.25) is 0 Å². The number of para-hydroxylation sites is 1. The monoisotopic (exact) mass is 280 g/mol. The lowest BCUT2D eigenvalue weighted by Gasteiger charge is -2.38. The van der Waals surface area contributed by atoms with Crippen LogP contribution in [0.25, 0.3) is 0 Å². The number of rotatable bonds is 4. The first-order valence-electron chi connectivity index (χ1n) is 7.88. The molecule has 0 bridgehead atoms. The quantitative estimate of drug-likeness (QED) is 0.919. The van der Waals surface area contributed by atoms with Gasteiger partial charge < -0.3 is 10.2 Å². The number of piperidine rings is 1. The molecule has 0 amide bonds. The number of hydrogen-bond acceptors (Lipinski definition) is 2. The van der Waals surface area contributed by atoms with E-state index in [1.54, 1.807) is 0 Å². The molecular weight excluding hydrogens is 256 g/mol. The highest BCUT2D eigenvalue weighted by Gasteiger charge is 2.24. The van der Waals surface area contributed by atoms with Crippen LogP contribution in [-0.2, 0) is 6.54 Å². The standard InChI is InChI=1S/C19H24N2/c1-16-12-18(20-13-17-8-4-2-5-9-17)15-21(14-16)19-10-6-3-7-11-19/h2-11,16,18,20H,12-15H2,1H3. The molecule has 2 atom stereocenters. The molecule has 0 aliphatic carbocycles. The van der Waals surface area contributed by atoms with Crippen LogP contribution >= 0.6 is 0 Å². The predicted octanol–water partition coefficient (Wildman–Crippen LogP) is 3.69. The Kier molecular flexibility index (Phi) is 4.56. The third-order valence-corrected chi connectivity index (χ3v) is 4.22. The van der Waals surface area contributed by atoms with Crippen molar-refractivity contribution in [2.45, 2.75) is 25.9 Å². The minimum atomic E-state index is 0.564. The number of hydrogen-bond donors (Lipinski definition) is 1. The van der Waals surface area contributed by atoms with E-state index in [-0.39, 0.29) is 0 Å². The number of nitrogens with one attached hydrogen (secondary N) is 1. The van der Waals surface area contributed by atoms with Crippen LogP contribution in [0.5, 0.6) is 0 Å². The van der Waals surface area contributed by atoms with Gasteiger partial charge in [0.2, 0.25) is 0 Å². The summed E-state index contributed by atoms with van der Waals surface area (Å²) in [4.78, 5) is 2.51. The van der Waals surface area contributed by atoms with Gasteiger partial charge >= 0.3 is 0 Å². The SMILES string of the molecule is CC1CC(NCc2ccccc2)CN(c2ccccc2)C1. The van der Waals surface area contributed by atoms with Crippen molar-refractivity contribution >= 4 is 5.69 Å². The molecule has 110 valence electrons. The zero-order chi connectivity index (χ0) is 14.5. The summed E-state index contributed by atoms with van der Waals surface area (Å²) in [5.41, 5.74) is 2.71. The molecule has 1 heterocycles. The maximum Gasteiger partial charge on any atom is 0.0366 e. The van der Waals surface area contributed by atoms with Crippen LogP contribution in [0.15, 0.2) is 60.7 Å². The van der Waals surface area contributed by atoms with E-state index in [1.165, 1.54) is 17.7 Å². The molecule has 2 aromatic rings. The van der Waals surface area contributed by atoms with Crippen molar-refractivity contribution in [3.63, 3.8) is 0 Å². The van der Waals surface area contributed by atoms with Crippen molar-refractivity contribution < 1.29 is 0 Å². The highest BCUT2D eigenvalue weighted by atomic mass is 15.2. The third-order valence-electron chi connectivity index (χ3n) is 4.22. The van der Waals surface area contributed by atoms with Crippen molar-refractivity contribution in [2.75, 3.05) is 18.0 Å². The van der Waals surface area contributed by atoms with Gasteiger partial charge in [0.05, 0.1) is 0 Å². The van der Waals surface area contributed by atoms with Crippen molar-refractivity contribution in [2.24, 2.45) is 5.92 Å². The molecule has 0 spiro atoms. The summed E-state index contributed by atoms with van der Waals surface area (Å²) in [7, 11) is 0. The van der Waals surface area contributed by atoms with Gasteiger partial charge in [0.1, 0.15) is 0 Å². The Morgan fingerprint density at radius 3 is 2.33 bits per heavy atom. The Morgan fingerprint density at radius 2 is 1.62 bits per heavy atom. The molecule has 2 heteroatoms. The van der Waals surface area contributed by atoms with E-state index in [4.69, 9.17) is 0 Å². The van der Waals surface area contributed by atoms with E-state index in [0.29, 0.717) is 6.04 Å². The van der Waals surface area contributed by atoms with Crippen LogP contribution in [0.1, 0.15) is 18.9 Å². The fourth-order valence-corrected chi connectivity index (χ4v) is 3.21. The summed E-state index contributed by atoms with van der Waals surface area (Å²) in [6.45, 7) is 5.57. The molecule has 1 aliphatic heterocycles. The molecule has 3 rings (SSSR count). The molecule has 1 fully saturated rings. The van der Waals surface area contributed by atoms with Crippen LogP contribution in [-0.4, -0.2) is 19.1 Å². The zero-order valence-electron chi connectivity index (χ0n) is 12.7. The Bertz CT molecular complexity index is 538. The average Bonchev–Trinajstić information content (AvgIpc) is 2.54. The van der Waals surface area contributed by atoms with E-state index in [2.05, 4.69) is 77.8 Å². The third kappa shape index (κ3) is 3.85. The lowest BCUT2D eigenvalue weighted by Crippen LogP contribution is -2.48. The maximum atomic E-state index is 3.73. The van der Waals surface area contributed by atoms with Gasteiger partial charge in [-0.2, -0.15) is 0 Å². The number of anilines is 1. The Labute approximate surface area is 127 Å². The first-order chi connectivity index (χ1) is 10.3. The van der Waals surface area contributed by atoms with Gasteiger partial charge in [0.15, 0.2) is 0 Å². The predicted molar refractivity (Wildman–Crippen MR) is 89.5 cm³/mol. The minimum absolute atomic E-state index is 0.564. The second-order valence-corrected chi connectivity index (χ2v) is 6.14. The van der Waals surface area contributed by atoms with Crippen molar-refractivity contribution in [1.82, 2.24) is 5.32 Å². The zero-order valence-corrected chi connectivity index (χ0v) is 12.7. The van der Waals surface area contributed by atoms with Crippen LogP contribution in [0, 0.1) is 5.92 Å². The molecule has 1 saturated heterocycles. The van der Waals surface area contributed by atoms with Crippen LogP contribution in [0.4, 0.5) is 5.69 Å². The lowest BCUT2D eigenvalue weighted by atomic mass is 9.95. The summed E-state index contributed by atoms with van der Waals surface area (Å²) in [6, 6.07) is 22.0. The Balaban J connectivity index is 1.61. The molecule has 21 heavy (non-hydrogen) atoms. The second kappa shape index (κ2) is 6.77. The Hall–Kier alpha value is -1.80. The summed E-state index contributed by atoms with van der Waals surface area (Å²) < 4.78 is 0. The van der Waals surface area contributed by atoms with E-state index in [9.17, 15) is 0 Å². The van der Waals surface area contributed by atoms with E-state index < -0.39 is 0 Å². The Morgan fingerprint density at radius 1 is 0.952 bits per heavy atom. The molecule has 2 nitrogen and oxygen atoms in total. The maximum absolute atomic E-state index is 3.73. The van der Waals surface area contributed by atoms with Gasteiger partial charge in [0, 0.05) is 31.4 Å². The number of nitrogens with zero attached hydrogens (tertiary/aromatic N) is 1. The van der Waals surface area contributed by atoms with E-state index in [0.717, 1.165) is 25.6 Å². The van der Waals surface area contributed by atoms with Crippen molar-refractivity contribution in [3.8, 4) is 0 Å². The molecule has 2 unspecified atom stereocenters. The van der Waals surface area contributed by atoms with Gasteiger partial charge in [-0.3, -0.25) is 0 Å². The topological polar surface area (TPSA) is 15.3 Å². The summed E-state index contributed by atoms with van der Waals surface area (Å²) in [5, 5.41) is 3.73. The van der Waals surface area contributed by atoms with Gasteiger partial charge in [-0.1, -0.05) is 55.5 Å². The van der Waals surface area contributed by atoms with Gasteiger partial charge in [0.25, 0.3) is 0 Å². The molecule has 0 aromatic heterocycles. The van der Waals surface area contributed by atoms with Gasteiger partial charge in [-0.25, -0.2) is 0 Å². The van der Waals surface area contributed by atoms with Crippen molar-refractivity contribution in [3.05, 3.63) is 66.2 Å². The average molecular weight is 280 g/mol. The fraction of sp³-hybridized carbons (Fsp3) is 0.368. The summed E-state index contributed by atoms with van der Waals surface area (Å²) >= 11 is 0. The molecule has 2 aromatic carbocycles. The molecular formula is C19H24N2. The highest BCUT2D eigenvalue weighted by Crippen LogP contribution is 2.23. The summed E-state index contributed by atoms with van der Waals surface area (Å²) in [6.07, 6.45) is 1.26. The largest absolute Gasteiger partial charge is 0.370 e. The van der Waals surface area contributed by atoms with Gasteiger partial charge in [-0.15, -0.1) is 0 Å². The van der Waals surface area contributed by atoms with Gasteiger partial charge in [-0.05, 0) is 30.0 Å². The number of benzene rings is 2. The van der Waals surface area contributed by atoms with E-state index in [1.807, 2.05) is 0 Å². The van der Waals surface area contributed by atoms with Crippen LogP contribution in [0.3, 0.4) is 0 Å². The smallest absolute Gasteiger partial charge is 0.0366 e. The highest BCUT2D eigenvalue weighted by molar-refractivity contribution is 5.46. The van der Waals surface area contributed by atoms with Crippen LogP contribution < -0.4 is 10.2 Å². The molecule has 0 saturated carbocycles. The minimum Gasteiger partial charge on any atom is -0.370 e. The normalized spacial score (nSPS) is 22.2. The van der Waals surface area contributed by atoms with E-state index >= 15 is 0 Å². The second-order valence-electron chi connectivity index (χ2n) is 6.14. The first-order valence-corrected chi connectivity index (χ1v) is 7.88. The molecule has 1 N–H and O–H groups in total. The van der Waals surface area contributed by atoms with Crippen molar-refractivity contribution in [1.29, 1.82) is 0 Å². The lowest BCUT2D eigenvalue weighted by molar-refractivity contribution is 0.350. The molecule has 0 radical (unpaired) electrons. The molecule has 1 aliphatic rings.